The summed E-state index contributed by atoms with van der Waals surface area (Å²) in [7, 11) is 3.97. The first-order chi connectivity index (χ1) is 14.1. The van der Waals surface area contributed by atoms with Crippen LogP contribution in [0.2, 0.25) is 0 Å². The summed E-state index contributed by atoms with van der Waals surface area (Å²) >= 11 is 0. The molecule has 0 unspecified atom stereocenters. The molecule has 2 N–H and O–H groups in total. The maximum absolute atomic E-state index is 12.1. The van der Waals surface area contributed by atoms with E-state index in [-0.39, 0.29) is 5.91 Å². The molecule has 5 heteroatoms. The second kappa shape index (κ2) is 10.2. The molecule has 150 valence electrons. The van der Waals surface area contributed by atoms with E-state index in [1.165, 1.54) is 0 Å². The number of benzene rings is 3. The van der Waals surface area contributed by atoms with E-state index < -0.39 is 0 Å². The average molecular weight is 389 g/mol. The molecule has 0 heterocycles. The van der Waals surface area contributed by atoms with Gasteiger partial charge >= 0.3 is 0 Å². The van der Waals surface area contributed by atoms with Crippen molar-refractivity contribution in [1.82, 2.24) is 0 Å². The molecule has 5 nitrogen and oxygen atoms in total. The Labute approximate surface area is 172 Å². The van der Waals surface area contributed by atoms with Gasteiger partial charge in [0.2, 0.25) is 5.91 Å². The summed E-state index contributed by atoms with van der Waals surface area (Å²) in [4.78, 5) is 14.1. The van der Waals surface area contributed by atoms with Crippen molar-refractivity contribution in [2.45, 2.75) is 13.0 Å². The summed E-state index contributed by atoms with van der Waals surface area (Å²) in [6.07, 6.45) is 0.391. The second-order valence-corrected chi connectivity index (χ2v) is 6.96. The minimum Gasteiger partial charge on any atom is -0.489 e. The topological polar surface area (TPSA) is 53.6 Å². The monoisotopic (exact) mass is 389 g/mol. The van der Waals surface area contributed by atoms with Crippen LogP contribution in [-0.2, 0) is 11.4 Å². The number of hydrogen-bond acceptors (Lipinski definition) is 4. The lowest BCUT2D eigenvalue weighted by Crippen LogP contribution is -2.16. The quantitative estimate of drug-likeness (QED) is 0.553. The summed E-state index contributed by atoms with van der Waals surface area (Å²) in [6, 6.07) is 25.6. The lowest BCUT2D eigenvalue weighted by molar-refractivity contribution is -0.115. The minimum atomic E-state index is -0.0158. The molecule has 3 rings (SSSR count). The summed E-state index contributed by atoms with van der Waals surface area (Å²) in [6.45, 7) is 1.11. The zero-order valence-electron chi connectivity index (χ0n) is 16.9. The fraction of sp³-hybridized carbons (Fsp3) is 0.208. The molecular weight excluding hydrogens is 362 g/mol. The Kier molecular flexibility index (Phi) is 7.11. The van der Waals surface area contributed by atoms with Crippen LogP contribution in [0.3, 0.4) is 0 Å². The van der Waals surface area contributed by atoms with Crippen molar-refractivity contribution in [3.05, 3.63) is 84.4 Å². The average Bonchev–Trinajstić information content (AvgIpc) is 2.74. The molecule has 0 bridgehead atoms. The zero-order chi connectivity index (χ0) is 20.5. The molecule has 0 aliphatic carbocycles. The largest absolute Gasteiger partial charge is 0.489 e. The molecule has 0 spiro atoms. The number of amides is 1. The van der Waals surface area contributed by atoms with Crippen LogP contribution in [0.25, 0.3) is 0 Å². The van der Waals surface area contributed by atoms with Gasteiger partial charge in [0.05, 0.1) is 0 Å². The van der Waals surface area contributed by atoms with Crippen molar-refractivity contribution >= 4 is 23.0 Å². The highest BCUT2D eigenvalue weighted by Gasteiger charge is 2.03. The van der Waals surface area contributed by atoms with Gasteiger partial charge in [-0.3, -0.25) is 4.79 Å². The highest BCUT2D eigenvalue weighted by atomic mass is 16.5. The van der Waals surface area contributed by atoms with E-state index in [1.807, 2.05) is 97.9 Å². The number of nitrogens with zero attached hydrogens (tertiary/aromatic N) is 1. The van der Waals surface area contributed by atoms with Gasteiger partial charge in [-0.2, -0.15) is 0 Å². The van der Waals surface area contributed by atoms with Gasteiger partial charge in [0, 0.05) is 44.1 Å². The second-order valence-electron chi connectivity index (χ2n) is 6.96. The highest BCUT2D eigenvalue weighted by molar-refractivity contribution is 5.91. The van der Waals surface area contributed by atoms with E-state index in [1.54, 1.807) is 0 Å². The van der Waals surface area contributed by atoms with Crippen LogP contribution in [0.5, 0.6) is 5.75 Å². The molecular formula is C24H27N3O2. The first kappa shape index (κ1) is 20.3. The van der Waals surface area contributed by atoms with Crippen molar-refractivity contribution in [3.63, 3.8) is 0 Å². The van der Waals surface area contributed by atoms with Gasteiger partial charge in [0.15, 0.2) is 0 Å². The number of hydrogen-bond donors (Lipinski definition) is 2. The first-order valence-corrected chi connectivity index (χ1v) is 9.68. The van der Waals surface area contributed by atoms with E-state index in [2.05, 4.69) is 10.6 Å². The third-order valence-corrected chi connectivity index (χ3v) is 4.45. The Morgan fingerprint density at radius 2 is 1.52 bits per heavy atom. The van der Waals surface area contributed by atoms with Crippen LogP contribution >= 0.6 is 0 Å². The van der Waals surface area contributed by atoms with E-state index in [0.29, 0.717) is 19.6 Å². The molecule has 0 saturated heterocycles. The third kappa shape index (κ3) is 6.57. The van der Waals surface area contributed by atoms with Crippen molar-refractivity contribution in [2.75, 3.05) is 36.2 Å². The smallest absolute Gasteiger partial charge is 0.226 e. The Hall–Kier alpha value is -3.47. The van der Waals surface area contributed by atoms with Crippen LogP contribution in [0.4, 0.5) is 17.1 Å². The predicted molar refractivity (Wildman–Crippen MR) is 120 cm³/mol. The molecule has 0 aromatic heterocycles. The van der Waals surface area contributed by atoms with E-state index in [0.717, 1.165) is 28.4 Å². The van der Waals surface area contributed by atoms with Crippen LogP contribution in [0, 0.1) is 0 Å². The zero-order valence-corrected chi connectivity index (χ0v) is 16.9. The molecule has 3 aromatic rings. The SMILES string of the molecule is CN(C)c1ccc(NC(=O)CCNc2ccc(OCc3ccccc3)cc2)cc1. The van der Waals surface area contributed by atoms with Crippen molar-refractivity contribution in [3.8, 4) is 5.75 Å². The summed E-state index contributed by atoms with van der Waals surface area (Å²) < 4.78 is 5.78. The lowest BCUT2D eigenvalue weighted by Gasteiger charge is -2.13. The van der Waals surface area contributed by atoms with E-state index in [4.69, 9.17) is 4.74 Å². The molecule has 29 heavy (non-hydrogen) atoms. The van der Waals surface area contributed by atoms with Crippen molar-refractivity contribution in [2.24, 2.45) is 0 Å². The number of ether oxygens (including phenoxy) is 1. The maximum Gasteiger partial charge on any atom is 0.226 e. The summed E-state index contributed by atoms with van der Waals surface area (Å²) in [5.74, 6) is 0.802. The van der Waals surface area contributed by atoms with Gasteiger partial charge in [0.25, 0.3) is 0 Å². The summed E-state index contributed by atoms with van der Waals surface area (Å²) in [5.41, 5.74) is 4.00. The van der Waals surface area contributed by atoms with Crippen LogP contribution < -0.4 is 20.3 Å². The maximum atomic E-state index is 12.1. The molecule has 0 aliphatic heterocycles. The Balaban J connectivity index is 1.39. The molecule has 0 radical (unpaired) electrons. The number of nitrogens with one attached hydrogen (secondary N) is 2. The molecule has 0 fully saturated rings. The fourth-order valence-corrected chi connectivity index (χ4v) is 2.80. The van der Waals surface area contributed by atoms with Crippen molar-refractivity contribution in [1.29, 1.82) is 0 Å². The molecule has 1 amide bonds. The van der Waals surface area contributed by atoms with Gasteiger partial charge in [-0.05, 0) is 54.1 Å². The van der Waals surface area contributed by atoms with Gasteiger partial charge in [0.1, 0.15) is 12.4 Å². The Morgan fingerprint density at radius 3 is 2.17 bits per heavy atom. The summed E-state index contributed by atoms with van der Waals surface area (Å²) in [5, 5.41) is 6.18. The number of carbonyl (C=O) groups excluding carboxylic acids is 1. The lowest BCUT2D eigenvalue weighted by atomic mass is 10.2. The Morgan fingerprint density at radius 1 is 0.862 bits per heavy atom. The number of anilines is 3. The standard InChI is InChI=1S/C24H27N3O2/c1-27(2)22-12-8-21(9-13-22)26-24(28)16-17-25-20-10-14-23(15-11-20)29-18-19-6-4-3-5-7-19/h3-15,25H,16-18H2,1-2H3,(H,26,28). The highest BCUT2D eigenvalue weighted by Crippen LogP contribution is 2.18. The van der Waals surface area contributed by atoms with Gasteiger partial charge < -0.3 is 20.3 Å². The predicted octanol–water partition coefficient (Wildman–Crippen LogP) is 4.77. The van der Waals surface area contributed by atoms with Crippen LogP contribution in [0.15, 0.2) is 78.9 Å². The number of rotatable bonds is 9. The molecule has 0 aliphatic rings. The molecule has 0 saturated carbocycles. The van der Waals surface area contributed by atoms with E-state index >= 15 is 0 Å². The minimum absolute atomic E-state index is 0.0158. The van der Waals surface area contributed by atoms with Crippen LogP contribution in [0.1, 0.15) is 12.0 Å². The van der Waals surface area contributed by atoms with Gasteiger partial charge in [-0.25, -0.2) is 0 Å². The number of carbonyl (C=O) groups is 1. The van der Waals surface area contributed by atoms with Crippen LogP contribution in [-0.4, -0.2) is 26.5 Å². The van der Waals surface area contributed by atoms with E-state index in [9.17, 15) is 4.79 Å². The normalized spacial score (nSPS) is 10.3. The third-order valence-electron chi connectivity index (χ3n) is 4.45. The Bertz CT molecular complexity index is 892. The van der Waals surface area contributed by atoms with Crippen molar-refractivity contribution < 1.29 is 9.53 Å². The molecule has 0 atom stereocenters. The fourth-order valence-electron chi connectivity index (χ4n) is 2.80. The van der Waals surface area contributed by atoms with Gasteiger partial charge in [-0.15, -0.1) is 0 Å². The first-order valence-electron chi connectivity index (χ1n) is 9.68. The van der Waals surface area contributed by atoms with Gasteiger partial charge in [-0.1, -0.05) is 30.3 Å². The molecule has 3 aromatic carbocycles.